The summed E-state index contributed by atoms with van der Waals surface area (Å²) in [5.41, 5.74) is 6.63. The third-order valence-corrected chi connectivity index (χ3v) is 5.66. The highest BCUT2D eigenvalue weighted by atomic mass is 15.1. The molecule has 0 aliphatic carbocycles. The molecule has 0 radical (unpaired) electrons. The molecule has 0 N–H and O–H groups in total. The molecule has 4 heteroatoms. The van der Waals surface area contributed by atoms with Gasteiger partial charge >= 0.3 is 0 Å². The molecule has 134 valence electrons. The fourth-order valence-electron chi connectivity index (χ4n) is 4.13. The number of nitrogens with zero attached hydrogens (tertiary/aromatic N) is 4. The maximum atomic E-state index is 2.43. The van der Waals surface area contributed by atoms with Gasteiger partial charge in [-0.25, -0.2) is 0 Å². The van der Waals surface area contributed by atoms with E-state index >= 15 is 0 Å². The number of hydrogen-bond donors (Lipinski definition) is 0. The van der Waals surface area contributed by atoms with Gasteiger partial charge in [0.1, 0.15) is 0 Å². The summed E-state index contributed by atoms with van der Waals surface area (Å²) in [7, 11) is 8.77. The minimum atomic E-state index is 1.12. The first-order valence-corrected chi connectivity index (χ1v) is 9.36. The molecule has 0 saturated heterocycles. The molecule has 24 heavy (non-hydrogen) atoms. The molecule has 0 aromatic heterocycles. The Labute approximate surface area is 148 Å². The molecule has 4 heterocycles. The van der Waals surface area contributed by atoms with Crippen LogP contribution in [0.2, 0.25) is 0 Å². The van der Waals surface area contributed by atoms with Crippen LogP contribution in [0.4, 0.5) is 0 Å². The van der Waals surface area contributed by atoms with Gasteiger partial charge in [0.25, 0.3) is 0 Å². The van der Waals surface area contributed by atoms with Crippen molar-refractivity contribution >= 4 is 0 Å². The Kier molecular flexibility index (Phi) is 5.80. The van der Waals surface area contributed by atoms with E-state index in [1.807, 2.05) is 0 Å². The molecule has 0 aromatic carbocycles. The van der Waals surface area contributed by atoms with Gasteiger partial charge in [-0.1, -0.05) is 5.57 Å². The van der Waals surface area contributed by atoms with Crippen LogP contribution in [0.5, 0.6) is 0 Å². The van der Waals surface area contributed by atoms with E-state index in [4.69, 9.17) is 0 Å². The normalized spacial score (nSPS) is 26.1. The van der Waals surface area contributed by atoms with E-state index in [1.54, 1.807) is 22.3 Å². The molecular formula is C20H34N4. The van der Waals surface area contributed by atoms with Gasteiger partial charge in [-0.15, -0.1) is 0 Å². The molecule has 0 aromatic rings. The fourth-order valence-corrected chi connectivity index (χ4v) is 4.13. The van der Waals surface area contributed by atoms with Crippen molar-refractivity contribution in [3.8, 4) is 0 Å². The number of allylic oxidation sites excluding steroid dienone is 1. The van der Waals surface area contributed by atoms with Crippen molar-refractivity contribution in [1.29, 1.82) is 0 Å². The lowest BCUT2D eigenvalue weighted by Gasteiger charge is -2.34. The Bertz CT molecular complexity index is 526. The Morgan fingerprint density at radius 2 is 1.17 bits per heavy atom. The molecule has 4 aliphatic rings. The highest BCUT2D eigenvalue weighted by molar-refractivity contribution is 5.32. The van der Waals surface area contributed by atoms with Crippen molar-refractivity contribution in [2.75, 3.05) is 74.0 Å². The van der Waals surface area contributed by atoms with Crippen LogP contribution >= 0.6 is 0 Å². The van der Waals surface area contributed by atoms with E-state index in [2.05, 4.69) is 60.1 Å². The average molecular weight is 331 g/mol. The Balaban J connectivity index is 0.000000141. The van der Waals surface area contributed by atoms with Crippen molar-refractivity contribution in [3.05, 3.63) is 34.6 Å². The van der Waals surface area contributed by atoms with Crippen molar-refractivity contribution < 1.29 is 0 Å². The lowest BCUT2D eigenvalue weighted by Crippen LogP contribution is -2.37. The predicted molar refractivity (Wildman–Crippen MR) is 102 cm³/mol. The average Bonchev–Trinajstić information content (AvgIpc) is 2.54. The first kappa shape index (κ1) is 17.7. The summed E-state index contributed by atoms with van der Waals surface area (Å²) in [6, 6.07) is 0. The molecule has 0 atom stereocenters. The number of rotatable bonds is 0. The van der Waals surface area contributed by atoms with Crippen molar-refractivity contribution in [2.45, 2.75) is 19.3 Å². The summed E-state index contributed by atoms with van der Waals surface area (Å²) >= 11 is 0. The lowest BCUT2D eigenvalue weighted by molar-refractivity contribution is 0.282. The topological polar surface area (TPSA) is 13.0 Å². The molecule has 0 amide bonds. The Morgan fingerprint density at radius 3 is 1.79 bits per heavy atom. The summed E-state index contributed by atoms with van der Waals surface area (Å²) < 4.78 is 0. The molecular weight excluding hydrogens is 296 g/mol. The molecule has 0 spiro atoms. The van der Waals surface area contributed by atoms with Gasteiger partial charge in [0.2, 0.25) is 0 Å². The van der Waals surface area contributed by atoms with Crippen LogP contribution in [-0.4, -0.2) is 93.6 Å². The molecule has 0 unspecified atom stereocenters. The molecule has 4 rings (SSSR count). The van der Waals surface area contributed by atoms with E-state index in [0.29, 0.717) is 0 Å². The van der Waals surface area contributed by atoms with E-state index in [-0.39, 0.29) is 0 Å². The van der Waals surface area contributed by atoms with Gasteiger partial charge < -0.3 is 19.6 Å². The molecule has 4 nitrogen and oxygen atoms in total. The van der Waals surface area contributed by atoms with Crippen LogP contribution in [0.15, 0.2) is 34.6 Å². The first-order valence-electron chi connectivity index (χ1n) is 9.36. The van der Waals surface area contributed by atoms with Crippen molar-refractivity contribution in [2.24, 2.45) is 0 Å². The van der Waals surface area contributed by atoms with Crippen LogP contribution in [-0.2, 0) is 0 Å². The maximum absolute atomic E-state index is 2.43. The minimum absolute atomic E-state index is 1.12. The second-order valence-corrected chi connectivity index (χ2v) is 8.03. The molecule has 0 fully saturated rings. The van der Waals surface area contributed by atoms with Crippen LogP contribution in [0.3, 0.4) is 0 Å². The predicted octanol–water partition coefficient (Wildman–Crippen LogP) is 2.03. The summed E-state index contributed by atoms with van der Waals surface area (Å²) in [6.45, 7) is 8.44. The Morgan fingerprint density at radius 1 is 0.625 bits per heavy atom. The summed E-state index contributed by atoms with van der Waals surface area (Å²) in [4.78, 5) is 9.50. The van der Waals surface area contributed by atoms with Crippen LogP contribution in [0.25, 0.3) is 0 Å². The summed E-state index contributed by atoms with van der Waals surface area (Å²) in [5, 5.41) is 0. The molecule has 0 bridgehead atoms. The van der Waals surface area contributed by atoms with E-state index < -0.39 is 0 Å². The second-order valence-electron chi connectivity index (χ2n) is 8.03. The zero-order valence-electron chi connectivity index (χ0n) is 16.0. The van der Waals surface area contributed by atoms with Gasteiger partial charge in [0, 0.05) is 52.9 Å². The quantitative estimate of drug-likeness (QED) is 0.630. The SMILES string of the molecule is CN1C=CC2=C(C1)CN(C)CC2.CN1CCC2=C(C1)CN(C)CC2. The van der Waals surface area contributed by atoms with Crippen molar-refractivity contribution in [1.82, 2.24) is 19.6 Å². The number of likely N-dealkylation sites (N-methyl/N-ethyl adjacent to an activating group) is 4. The third kappa shape index (κ3) is 4.50. The van der Waals surface area contributed by atoms with Crippen molar-refractivity contribution in [3.63, 3.8) is 0 Å². The van der Waals surface area contributed by atoms with Crippen LogP contribution in [0, 0.1) is 0 Å². The maximum Gasteiger partial charge on any atom is 0.0398 e. The fraction of sp³-hybridized carbons (Fsp3) is 0.700. The largest absolute Gasteiger partial charge is 0.376 e. The lowest BCUT2D eigenvalue weighted by atomic mass is 9.94. The smallest absolute Gasteiger partial charge is 0.0398 e. The van der Waals surface area contributed by atoms with Gasteiger partial charge in [-0.05, 0) is 69.4 Å². The monoisotopic (exact) mass is 330 g/mol. The number of hydrogen-bond acceptors (Lipinski definition) is 4. The molecule has 0 saturated carbocycles. The second kappa shape index (κ2) is 7.85. The highest BCUT2D eigenvalue weighted by Gasteiger charge is 2.21. The standard InChI is InChI=1S/C10H18N2.C10H16N2/c2*1-11-5-3-9-4-6-12(2)8-10(9)7-11/h3-8H2,1-2H3;3,5H,4,6-8H2,1-2H3. The third-order valence-electron chi connectivity index (χ3n) is 5.66. The van der Waals surface area contributed by atoms with E-state index in [9.17, 15) is 0 Å². The summed E-state index contributed by atoms with van der Waals surface area (Å²) in [5.74, 6) is 0. The minimum Gasteiger partial charge on any atom is -0.376 e. The van der Waals surface area contributed by atoms with Gasteiger partial charge in [-0.2, -0.15) is 0 Å². The first-order chi connectivity index (χ1) is 11.5. The zero-order valence-corrected chi connectivity index (χ0v) is 16.0. The van der Waals surface area contributed by atoms with Gasteiger partial charge in [0.05, 0.1) is 0 Å². The van der Waals surface area contributed by atoms with E-state index in [1.165, 1.54) is 52.0 Å². The zero-order chi connectivity index (χ0) is 17.1. The molecule has 4 aliphatic heterocycles. The van der Waals surface area contributed by atoms with Crippen LogP contribution in [0.1, 0.15) is 19.3 Å². The summed E-state index contributed by atoms with van der Waals surface area (Å²) in [6.07, 6.45) is 8.32. The Hall–Kier alpha value is -1.10. The van der Waals surface area contributed by atoms with Gasteiger partial charge in [-0.3, -0.25) is 0 Å². The van der Waals surface area contributed by atoms with Crippen LogP contribution < -0.4 is 0 Å². The van der Waals surface area contributed by atoms with Gasteiger partial charge in [0.15, 0.2) is 0 Å². The van der Waals surface area contributed by atoms with E-state index in [0.717, 1.165) is 13.1 Å². The highest BCUT2D eigenvalue weighted by Crippen LogP contribution is 2.24.